The third kappa shape index (κ3) is 2.96. The number of hydrogen-bond acceptors (Lipinski definition) is 2. The highest BCUT2D eigenvalue weighted by Crippen LogP contribution is 2.43. The minimum atomic E-state index is 0.513. The summed E-state index contributed by atoms with van der Waals surface area (Å²) in [6, 6.07) is 0. The van der Waals surface area contributed by atoms with Crippen molar-refractivity contribution >= 4 is 0 Å². The first kappa shape index (κ1) is 9.47. The fourth-order valence-electron chi connectivity index (χ4n) is 1.91. The quantitative estimate of drug-likeness (QED) is 0.586. The van der Waals surface area contributed by atoms with Gasteiger partial charge in [0.15, 0.2) is 0 Å². The van der Waals surface area contributed by atoms with E-state index >= 15 is 0 Å². The molecule has 0 aromatic heterocycles. The van der Waals surface area contributed by atoms with Crippen molar-refractivity contribution in [2.75, 3.05) is 19.6 Å². The third-order valence-corrected chi connectivity index (χ3v) is 3.55. The van der Waals surface area contributed by atoms with Gasteiger partial charge < -0.3 is 11.1 Å². The summed E-state index contributed by atoms with van der Waals surface area (Å²) in [5.41, 5.74) is 6.22. The second kappa shape index (κ2) is 3.97. The summed E-state index contributed by atoms with van der Waals surface area (Å²) in [6.07, 6.45) is 8.49. The maximum atomic E-state index is 5.70. The van der Waals surface area contributed by atoms with Gasteiger partial charge in [0.1, 0.15) is 0 Å². The standard InChI is InChI=1S/C11H22N2/c12-8-11(5-6-11)9-13-7-1-2-10-3-4-10/h10,13H,1-9,12H2. The van der Waals surface area contributed by atoms with Crippen LogP contribution in [0.5, 0.6) is 0 Å². The monoisotopic (exact) mass is 182 g/mol. The van der Waals surface area contributed by atoms with Gasteiger partial charge in [0.2, 0.25) is 0 Å². The van der Waals surface area contributed by atoms with Gasteiger partial charge >= 0.3 is 0 Å². The van der Waals surface area contributed by atoms with E-state index in [1.807, 2.05) is 0 Å². The summed E-state index contributed by atoms with van der Waals surface area (Å²) in [5, 5.41) is 3.54. The molecule has 2 rings (SSSR count). The predicted molar refractivity (Wildman–Crippen MR) is 55.5 cm³/mol. The van der Waals surface area contributed by atoms with Gasteiger partial charge in [0.25, 0.3) is 0 Å². The Kier molecular flexibility index (Phi) is 2.89. The van der Waals surface area contributed by atoms with Gasteiger partial charge in [-0.3, -0.25) is 0 Å². The summed E-state index contributed by atoms with van der Waals surface area (Å²) in [5.74, 6) is 1.09. The Morgan fingerprint density at radius 1 is 1.31 bits per heavy atom. The highest BCUT2D eigenvalue weighted by Gasteiger charge is 2.40. The van der Waals surface area contributed by atoms with Gasteiger partial charge in [-0.2, -0.15) is 0 Å². The Bertz CT molecular complexity index is 159. The Labute approximate surface area is 81.3 Å². The lowest BCUT2D eigenvalue weighted by atomic mass is 10.1. The molecule has 2 saturated carbocycles. The Morgan fingerprint density at radius 3 is 2.62 bits per heavy atom. The van der Waals surface area contributed by atoms with Crippen molar-refractivity contribution in [3.63, 3.8) is 0 Å². The average Bonchev–Trinajstić information content (AvgIpc) is 3.00. The molecule has 0 aliphatic heterocycles. The van der Waals surface area contributed by atoms with E-state index < -0.39 is 0 Å². The highest BCUT2D eigenvalue weighted by molar-refractivity contribution is 4.95. The second-order valence-electron chi connectivity index (χ2n) is 4.97. The van der Waals surface area contributed by atoms with Crippen molar-refractivity contribution in [3.05, 3.63) is 0 Å². The first-order valence-corrected chi connectivity index (χ1v) is 5.75. The molecule has 0 radical (unpaired) electrons. The maximum Gasteiger partial charge on any atom is 0.00199 e. The lowest BCUT2D eigenvalue weighted by molar-refractivity contribution is 0.459. The molecule has 0 bridgehead atoms. The molecule has 2 aliphatic rings. The molecule has 2 nitrogen and oxygen atoms in total. The van der Waals surface area contributed by atoms with Crippen LogP contribution in [0, 0.1) is 11.3 Å². The van der Waals surface area contributed by atoms with Gasteiger partial charge in [-0.05, 0) is 50.1 Å². The van der Waals surface area contributed by atoms with E-state index in [1.54, 1.807) is 0 Å². The number of hydrogen-bond donors (Lipinski definition) is 2. The molecule has 76 valence electrons. The highest BCUT2D eigenvalue weighted by atomic mass is 14.9. The van der Waals surface area contributed by atoms with Gasteiger partial charge in [-0.1, -0.05) is 12.8 Å². The maximum absolute atomic E-state index is 5.70. The summed E-state index contributed by atoms with van der Waals surface area (Å²) >= 11 is 0. The zero-order chi connectivity index (χ0) is 9.15. The lowest BCUT2D eigenvalue weighted by Gasteiger charge is -2.12. The molecule has 2 aliphatic carbocycles. The van der Waals surface area contributed by atoms with Gasteiger partial charge in [0, 0.05) is 6.54 Å². The third-order valence-electron chi connectivity index (χ3n) is 3.55. The average molecular weight is 182 g/mol. The van der Waals surface area contributed by atoms with E-state index in [0.29, 0.717) is 5.41 Å². The molecule has 2 fully saturated rings. The molecule has 3 N–H and O–H groups in total. The molecule has 0 saturated heterocycles. The summed E-state index contributed by atoms with van der Waals surface area (Å²) < 4.78 is 0. The van der Waals surface area contributed by atoms with Crippen molar-refractivity contribution in [2.45, 2.75) is 38.5 Å². The Hall–Kier alpha value is -0.0800. The van der Waals surface area contributed by atoms with Crippen LogP contribution in [0.1, 0.15) is 38.5 Å². The molecule has 0 heterocycles. The second-order valence-corrected chi connectivity index (χ2v) is 4.97. The van der Waals surface area contributed by atoms with E-state index in [-0.39, 0.29) is 0 Å². The van der Waals surface area contributed by atoms with E-state index in [9.17, 15) is 0 Å². The van der Waals surface area contributed by atoms with Crippen molar-refractivity contribution < 1.29 is 0 Å². The molecule has 0 aromatic rings. The van der Waals surface area contributed by atoms with Crippen LogP contribution >= 0.6 is 0 Å². The number of rotatable bonds is 7. The zero-order valence-corrected chi connectivity index (χ0v) is 8.52. The summed E-state index contributed by atoms with van der Waals surface area (Å²) in [4.78, 5) is 0. The van der Waals surface area contributed by atoms with Crippen molar-refractivity contribution in [1.82, 2.24) is 5.32 Å². The van der Waals surface area contributed by atoms with E-state index in [4.69, 9.17) is 5.73 Å². The van der Waals surface area contributed by atoms with E-state index in [1.165, 1.54) is 45.1 Å². The molecule has 2 heteroatoms. The van der Waals surface area contributed by atoms with Crippen LogP contribution in [-0.4, -0.2) is 19.6 Å². The van der Waals surface area contributed by atoms with Gasteiger partial charge in [-0.15, -0.1) is 0 Å². The first-order chi connectivity index (χ1) is 6.35. The van der Waals surface area contributed by atoms with Crippen molar-refractivity contribution in [3.8, 4) is 0 Å². The fraction of sp³-hybridized carbons (Fsp3) is 1.00. The Morgan fingerprint density at radius 2 is 2.08 bits per heavy atom. The molecule has 0 unspecified atom stereocenters. The molecule has 0 spiro atoms. The molecule has 0 amide bonds. The van der Waals surface area contributed by atoms with Crippen LogP contribution in [-0.2, 0) is 0 Å². The topological polar surface area (TPSA) is 38.0 Å². The Balaban J connectivity index is 1.44. The van der Waals surface area contributed by atoms with Crippen LogP contribution in [0.2, 0.25) is 0 Å². The molecule has 0 atom stereocenters. The largest absolute Gasteiger partial charge is 0.330 e. The molecule has 13 heavy (non-hydrogen) atoms. The van der Waals surface area contributed by atoms with Crippen LogP contribution in [0.3, 0.4) is 0 Å². The first-order valence-electron chi connectivity index (χ1n) is 5.75. The van der Waals surface area contributed by atoms with Crippen LogP contribution in [0.4, 0.5) is 0 Å². The SMILES string of the molecule is NCC1(CNCCCC2CC2)CC1. The van der Waals surface area contributed by atoms with E-state index in [0.717, 1.165) is 19.0 Å². The number of nitrogens with two attached hydrogens (primary N) is 1. The fourth-order valence-corrected chi connectivity index (χ4v) is 1.91. The number of nitrogens with one attached hydrogen (secondary N) is 1. The zero-order valence-electron chi connectivity index (χ0n) is 8.52. The minimum absolute atomic E-state index is 0.513. The van der Waals surface area contributed by atoms with Gasteiger partial charge in [0.05, 0.1) is 0 Å². The normalized spacial score (nSPS) is 24.7. The lowest BCUT2D eigenvalue weighted by Crippen LogP contribution is -2.30. The van der Waals surface area contributed by atoms with E-state index in [2.05, 4.69) is 5.32 Å². The van der Waals surface area contributed by atoms with Crippen LogP contribution in [0.15, 0.2) is 0 Å². The molecular formula is C11H22N2. The van der Waals surface area contributed by atoms with Crippen molar-refractivity contribution in [2.24, 2.45) is 17.1 Å². The summed E-state index contributed by atoms with van der Waals surface area (Å²) in [6.45, 7) is 3.25. The van der Waals surface area contributed by atoms with Crippen molar-refractivity contribution in [1.29, 1.82) is 0 Å². The van der Waals surface area contributed by atoms with Crippen LogP contribution < -0.4 is 11.1 Å². The molecule has 0 aromatic carbocycles. The minimum Gasteiger partial charge on any atom is -0.330 e. The summed E-state index contributed by atoms with van der Waals surface area (Å²) in [7, 11) is 0. The van der Waals surface area contributed by atoms with Crippen LogP contribution in [0.25, 0.3) is 0 Å². The predicted octanol–water partition coefficient (Wildman–Crippen LogP) is 1.51. The molecular weight excluding hydrogens is 160 g/mol. The smallest absolute Gasteiger partial charge is 0.00199 e. The van der Waals surface area contributed by atoms with Gasteiger partial charge in [-0.25, -0.2) is 0 Å².